The molecule has 0 saturated carbocycles. The minimum absolute atomic E-state index is 0.167. The highest BCUT2D eigenvalue weighted by atomic mass is 19.1. The maximum Gasteiger partial charge on any atom is 0.251 e. The summed E-state index contributed by atoms with van der Waals surface area (Å²) < 4.78 is 29.4. The number of nitrogens with zero attached hydrogens (tertiary/aromatic N) is 2. The van der Waals surface area contributed by atoms with Crippen LogP contribution in [-0.4, -0.2) is 15.7 Å². The van der Waals surface area contributed by atoms with Crippen molar-refractivity contribution in [2.45, 2.75) is 19.4 Å². The first kappa shape index (κ1) is 16.4. The number of carbonyl (C=O) groups excluding carboxylic acids is 1. The van der Waals surface area contributed by atoms with Crippen LogP contribution in [0.3, 0.4) is 0 Å². The van der Waals surface area contributed by atoms with Crippen LogP contribution >= 0.6 is 0 Å². The molecule has 6 heteroatoms. The van der Waals surface area contributed by atoms with Gasteiger partial charge in [-0.05, 0) is 53.8 Å². The molecule has 132 valence electrons. The summed E-state index contributed by atoms with van der Waals surface area (Å²) in [5.41, 5.74) is 4.21. The standard InChI is InChI=1S/C20H17F2N3O/c1-25-7-6-15(24-25)4-2-12-8-13-11-23-20(26)18(13)10-17(12)16-5-3-14(21)9-19(16)22/h3,5-10H,2,4,11H2,1H3,(H,23,26). The number of amides is 1. The third-order valence-corrected chi connectivity index (χ3v) is 4.65. The Balaban J connectivity index is 1.77. The molecule has 0 spiro atoms. The fraction of sp³-hybridized carbons (Fsp3) is 0.200. The third-order valence-electron chi connectivity index (χ3n) is 4.65. The SMILES string of the molecule is Cn1ccc(CCc2cc3c(cc2-c2ccc(F)cc2F)C(=O)NC3)n1. The molecule has 26 heavy (non-hydrogen) atoms. The first-order valence-electron chi connectivity index (χ1n) is 8.39. The molecule has 0 aliphatic carbocycles. The van der Waals surface area contributed by atoms with Gasteiger partial charge in [0.05, 0.1) is 5.69 Å². The van der Waals surface area contributed by atoms with Gasteiger partial charge in [-0.3, -0.25) is 9.48 Å². The zero-order valence-corrected chi connectivity index (χ0v) is 14.2. The highest BCUT2D eigenvalue weighted by Gasteiger charge is 2.22. The van der Waals surface area contributed by atoms with Crippen LogP contribution < -0.4 is 5.32 Å². The van der Waals surface area contributed by atoms with Crippen molar-refractivity contribution in [1.82, 2.24) is 15.1 Å². The van der Waals surface area contributed by atoms with Gasteiger partial charge in [-0.15, -0.1) is 0 Å². The Morgan fingerprint density at radius 3 is 2.65 bits per heavy atom. The first-order chi connectivity index (χ1) is 12.5. The van der Waals surface area contributed by atoms with E-state index < -0.39 is 11.6 Å². The second-order valence-corrected chi connectivity index (χ2v) is 6.45. The van der Waals surface area contributed by atoms with E-state index in [0.717, 1.165) is 22.9 Å². The van der Waals surface area contributed by atoms with E-state index in [9.17, 15) is 13.6 Å². The molecular weight excluding hydrogens is 336 g/mol. The van der Waals surface area contributed by atoms with E-state index in [-0.39, 0.29) is 5.91 Å². The lowest BCUT2D eigenvalue weighted by atomic mass is 9.91. The second-order valence-electron chi connectivity index (χ2n) is 6.45. The topological polar surface area (TPSA) is 46.9 Å². The average Bonchev–Trinajstić information content (AvgIpc) is 3.18. The number of aromatic nitrogens is 2. The van der Waals surface area contributed by atoms with Crippen molar-refractivity contribution >= 4 is 5.91 Å². The molecule has 0 radical (unpaired) electrons. The lowest BCUT2D eigenvalue weighted by Gasteiger charge is -2.13. The van der Waals surface area contributed by atoms with Crippen LogP contribution in [0.2, 0.25) is 0 Å². The summed E-state index contributed by atoms with van der Waals surface area (Å²) in [6.07, 6.45) is 3.21. The number of fused-ring (bicyclic) bond motifs is 1. The fourth-order valence-electron chi connectivity index (χ4n) is 3.35. The lowest BCUT2D eigenvalue weighted by Crippen LogP contribution is -2.12. The molecule has 2 heterocycles. The zero-order chi connectivity index (χ0) is 18.3. The number of nitrogens with one attached hydrogen (secondary N) is 1. The van der Waals surface area contributed by atoms with E-state index in [4.69, 9.17) is 0 Å². The molecule has 0 saturated heterocycles. The molecule has 1 aliphatic heterocycles. The molecule has 0 bridgehead atoms. The molecule has 0 fully saturated rings. The van der Waals surface area contributed by atoms with Gasteiger partial charge in [0.25, 0.3) is 5.91 Å². The largest absolute Gasteiger partial charge is 0.348 e. The Hall–Kier alpha value is -3.02. The van der Waals surface area contributed by atoms with Crippen LogP contribution in [0, 0.1) is 11.6 Å². The molecule has 1 N–H and O–H groups in total. The molecule has 0 atom stereocenters. The predicted molar refractivity (Wildman–Crippen MR) is 93.6 cm³/mol. The van der Waals surface area contributed by atoms with E-state index >= 15 is 0 Å². The second kappa shape index (κ2) is 6.37. The fourth-order valence-corrected chi connectivity index (χ4v) is 3.35. The van der Waals surface area contributed by atoms with E-state index in [1.54, 1.807) is 10.7 Å². The van der Waals surface area contributed by atoms with Gasteiger partial charge in [0.15, 0.2) is 0 Å². The van der Waals surface area contributed by atoms with Crippen molar-refractivity contribution in [3.05, 3.63) is 76.6 Å². The van der Waals surface area contributed by atoms with Crippen molar-refractivity contribution in [1.29, 1.82) is 0 Å². The monoisotopic (exact) mass is 353 g/mol. The average molecular weight is 353 g/mol. The Morgan fingerprint density at radius 1 is 1.08 bits per heavy atom. The van der Waals surface area contributed by atoms with Crippen LogP contribution in [0.15, 0.2) is 42.6 Å². The van der Waals surface area contributed by atoms with E-state index in [1.807, 2.05) is 25.4 Å². The van der Waals surface area contributed by atoms with Gasteiger partial charge in [0, 0.05) is 37.0 Å². The minimum Gasteiger partial charge on any atom is -0.348 e. The molecule has 2 aromatic carbocycles. The number of benzene rings is 2. The molecule has 1 aromatic heterocycles. The summed E-state index contributed by atoms with van der Waals surface area (Å²) in [6, 6.07) is 9.11. The van der Waals surface area contributed by atoms with E-state index in [1.165, 1.54) is 12.1 Å². The van der Waals surface area contributed by atoms with Crippen LogP contribution in [-0.2, 0) is 26.4 Å². The minimum atomic E-state index is -0.637. The van der Waals surface area contributed by atoms with Gasteiger partial charge in [0.2, 0.25) is 0 Å². The summed E-state index contributed by atoms with van der Waals surface area (Å²) in [7, 11) is 1.86. The Bertz CT molecular complexity index is 1010. The predicted octanol–water partition coefficient (Wildman–Crippen LogP) is 3.39. The smallest absolute Gasteiger partial charge is 0.251 e. The number of aryl methyl sites for hydroxylation is 3. The van der Waals surface area contributed by atoms with Gasteiger partial charge in [-0.2, -0.15) is 5.10 Å². The highest BCUT2D eigenvalue weighted by molar-refractivity contribution is 5.99. The summed E-state index contributed by atoms with van der Waals surface area (Å²) in [4.78, 5) is 12.0. The van der Waals surface area contributed by atoms with Gasteiger partial charge in [-0.1, -0.05) is 6.07 Å². The van der Waals surface area contributed by atoms with Crippen molar-refractivity contribution < 1.29 is 13.6 Å². The Kier molecular flexibility index (Phi) is 4.03. The van der Waals surface area contributed by atoms with E-state index in [2.05, 4.69) is 10.4 Å². The van der Waals surface area contributed by atoms with Crippen molar-refractivity contribution in [3.8, 4) is 11.1 Å². The maximum atomic E-state index is 14.4. The summed E-state index contributed by atoms with van der Waals surface area (Å²) in [6.45, 7) is 0.469. The Labute approximate surface area is 149 Å². The van der Waals surface area contributed by atoms with E-state index in [0.29, 0.717) is 36.1 Å². The van der Waals surface area contributed by atoms with Crippen LogP contribution in [0.1, 0.15) is 27.2 Å². The normalized spacial score (nSPS) is 13.0. The van der Waals surface area contributed by atoms with Gasteiger partial charge in [-0.25, -0.2) is 8.78 Å². The summed E-state index contributed by atoms with van der Waals surface area (Å²) >= 11 is 0. The number of halogens is 2. The molecule has 1 aliphatic rings. The molecule has 1 amide bonds. The van der Waals surface area contributed by atoms with Gasteiger partial charge < -0.3 is 5.32 Å². The zero-order valence-electron chi connectivity index (χ0n) is 14.2. The summed E-state index contributed by atoms with van der Waals surface area (Å²) in [5.74, 6) is -1.43. The number of hydrogen-bond donors (Lipinski definition) is 1. The molecule has 0 unspecified atom stereocenters. The molecule has 4 rings (SSSR count). The van der Waals surface area contributed by atoms with Crippen LogP contribution in [0.4, 0.5) is 8.78 Å². The molecule has 3 aromatic rings. The van der Waals surface area contributed by atoms with Crippen LogP contribution in [0.25, 0.3) is 11.1 Å². The number of carbonyl (C=O) groups is 1. The molecule has 4 nitrogen and oxygen atoms in total. The molecular formula is C20H17F2N3O. The Morgan fingerprint density at radius 2 is 1.92 bits per heavy atom. The van der Waals surface area contributed by atoms with Crippen molar-refractivity contribution in [2.24, 2.45) is 7.05 Å². The van der Waals surface area contributed by atoms with Crippen molar-refractivity contribution in [3.63, 3.8) is 0 Å². The highest BCUT2D eigenvalue weighted by Crippen LogP contribution is 2.32. The quantitative estimate of drug-likeness (QED) is 0.781. The lowest BCUT2D eigenvalue weighted by molar-refractivity contribution is 0.0966. The number of hydrogen-bond acceptors (Lipinski definition) is 2. The number of rotatable bonds is 4. The summed E-state index contributed by atoms with van der Waals surface area (Å²) in [5, 5.41) is 7.15. The maximum absolute atomic E-state index is 14.4. The van der Waals surface area contributed by atoms with Crippen LogP contribution in [0.5, 0.6) is 0 Å². The van der Waals surface area contributed by atoms with Gasteiger partial charge >= 0.3 is 0 Å². The van der Waals surface area contributed by atoms with Crippen molar-refractivity contribution in [2.75, 3.05) is 0 Å². The first-order valence-corrected chi connectivity index (χ1v) is 8.39. The third kappa shape index (κ3) is 2.98. The van der Waals surface area contributed by atoms with Gasteiger partial charge in [0.1, 0.15) is 11.6 Å².